The summed E-state index contributed by atoms with van der Waals surface area (Å²) in [5.74, 6) is -0.567. The fourth-order valence-corrected chi connectivity index (χ4v) is 4.54. The summed E-state index contributed by atoms with van der Waals surface area (Å²) in [5, 5.41) is 0.772. The second kappa shape index (κ2) is 6.21. The van der Waals surface area contributed by atoms with Crippen LogP contribution in [0.4, 0.5) is 4.39 Å². The Hall–Kier alpha value is -3.19. The van der Waals surface area contributed by atoms with E-state index in [0.29, 0.717) is 6.29 Å². The number of fused-ring (bicyclic) bond motifs is 1. The number of halogens is 1. The Bertz CT molecular complexity index is 1290. The molecule has 0 spiro atoms. The van der Waals surface area contributed by atoms with Gasteiger partial charge in [0.25, 0.3) is 10.0 Å². The molecule has 0 aliphatic carbocycles. The zero-order valence-electron chi connectivity index (χ0n) is 14.3. The summed E-state index contributed by atoms with van der Waals surface area (Å²) in [6.07, 6.45) is 3.59. The van der Waals surface area contributed by atoms with Gasteiger partial charge in [-0.3, -0.25) is 4.79 Å². The predicted octanol–water partition coefficient (Wildman–Crippen LogP) is 3.84. The lowest BCUT2D eigenvalue weighted by atomic mass is 10.1. The highest BCUT2D eigenvalue weighted by Crippen LogP contribution is 2.29. The molecule has 5 nitrogen and oxygen atoms in total. The van der Waals surface area contributed by atoms with Crippen molar-refractivity contribution < 1.29 is 17.6 Å². The molecule has 4 rings (SSSR count). The Morgan fingerprint density at radius 1 is 1.04 bits per heavy atom. The molecule has 0 amide bonds. The second-order valence-corrected chi connectivity index (χ2v) is 8.02. The highest BCUT2D eigenvalue weighted by Gasteiger charge is 2.23. The number of benzene rings is 2. The van der Waals surface area contributed by atoms with E-state index in [4.69, 9.17) is 0 Å². The zero-order valence-corrected chi connectivity index (χ0v) is 15.2. The molecule has 0 saturated carbocycles. The normalized spacial score (nSPS) is 11.8. The molecule has 7 heteroatoms. The van der Waals surface area contributed by atoms with Crippen LogP contribution in [0.1, 0.15) is 10.4 Å². The molecule has 2 aromatic heterocycles. The molecule has 4 aromatic rings. The van der Waals surface area contributed by atoms with Gasteiger partial charge < -0.3 is 4.57 Å². The summed E-state index contributed by atoms with van der Waals surface area (Å²) in [7, 11) is -2.15. The van der Waals surface area contributed by atoms with Gasteiger partial charge in [0, 0.05) is 41.5 Å². The lowest BCUT2D eigenvalue weighted by Gasteiger charge is -2.11. The minimum absolute atomic E-state index is 0.0619. The molecule has 2 aromatic carbocycles. The Morgan fingerprint density at radius 3 is 2.56 bits per heavy atom. The molecule has 0 bridgehead atoms. The van der Waals surface area contributed by atoms with Crippen LogP contribution < -0.4 is 0 Å². The van der Waals surface area contributed by atoms with Crippen LogP contribution in [0.15, 0.2) is 71.9 Å². The monoisotopic (exact) mass is 382 g/mol. The van der Waals surface area contributed by atoms with Crippen molar-refractivity contribution in [3.05, 3.63) is 78.4 Å². The van der Waals surface area contributed by atoms with E-state index in [1.54, 1.807) is 18.2 Å². The summed E-state index contributed by atoms with van der Waals surface area (Å²) >= 11 is 0. The first-order chi connectivity index (χ1) is 12.9. The standard InChI is InChI=1S/C20H15FN2O3S/c1-22-9-8-15-11-16(6-7-19(15)22)27(25,26)23-12-14(13-24)10-20(23)17-4-2-3-5-18(17)21/h2-13H,1H3. The Morgan fingerprint density at radius 2 is 1.81 bits per heavy atom. The molecule has 136 valence electrons. The third-order valence-corrected chi connectivity index (χ3v) is 6.18. The Kier molecular flexibility index (Phi) is 3.96. The number of carbonyl (C=O) groups excluding carboxylic acids is 1. The van der Waals surface area contributed by atoms with Gasteiger partial charge in [-0.25, -0.2) is 16.8 Å². The summed E-state index contributed by atoms with van der Waals surface area (Å²) in [4.78, 5) is 11.3. The maximum absolute atomic E-state index is 14.3. The number of hydrogen-bond donors (Lipinski definition) is 0. The zero-order chi connectivity index (χ0) is 19.2. The number of nitrogens with zero attached hydrogens (tertiary/aromatic N) is 2. The summed E-state index contributed by atoms with van der Waals surface area (Å²) < 4.78 is 43.6. The lowest BCUT2D eigenvalue weighted by molar-refractivity contribution is 0.112. The summed E-state index contributed by atoms with van der Waals surface area (Å²) in [6.45, 7) is 0. The van der Waals surface area contributed by atoms with Gasteiger partial charge in [0.2, 0.25) is 0 Å². The number of hydrogen-bond acceptors (Lipinski definition) is 3. The summed E-state index contributed by atoms with van der Waals surface area (Å²) in [5.41, 5.74) is 1.25. The molecule has 0 atom stereocenters. The molecule has 0 aliphatic rings. The molecule has 0 saturated heterocycles. The first kappa shape index (κ1) is 17.2. The van der Waals surface area contributed by atoms with E-state index in [1.807, 2.05) is 23.9 Å². The van der Waals surface area contributed by atoms with Crippen LogP contribution in [0.3, 0.4) is 0 Å². The first-order valence-electron chi connectivity index (χ1n) is 8.15. The second-order valence-electron chi connectivity index (χ2n) is 6.20. The molecular weight excluding hydrogens is 367 g/mol. The number of carbonyl (C=O) groups is 1. The van der Waals surface area contributed by atoms with E-state index in [0.717, 1.165) is 14.9 Å². The molecular formula is C20H15FN2O3S. The number of rotatable bonds is 4. The van der Waals surface area contributed by atoms with Crippen LogP contribution in [0.5, 0.6) is 0 Å². The van der Waals surface area contributed by atoms with Crippen molar-refractivity contribution >= 4 is 27.2 Å². The van der Waals surface area contributed by atoms with Gasteiger partial charge in [-0.05, 0) is 42.5 Å². The average Bonchev–Trinajstić information content (AvgIpc) is 3.26. The maximum Gasteiger partial charge on any atom is 0.268 e. The minimum Gasteiger partial charge on any atom is -0.351 e. The molecule has 0 radical (unpaired) electrons. The van der Waals surface area contributed by atoms with Gasteiger partial charge >= 0.3 is 0 Å². The fourth-order valence-electron chi connectivity index (χ4n) is 3.13. The van der Waals surface area contributed by atoms with E-state index in [9.17, 15) is 17.6 Å². The van der Waals surface area contributed by atoms with Crippen molar-refractivity contribution in [3.8, 4) is 11.3 Å². The van der Waals surface area contributed by atoms with Crippen molar-refractivity contribution in [2.45, 2.75) is 4.90 Å². The van der Waals surface area contributed by atoms with E-state index in [2.05, 4.69) is 0 Å². The molecule has 0 unspecified atom stereocenters. The first-order valence-corrected chi connectivity index (χ1v) is 9.59. The fraction of sp³-hybridized carbons (Fsp3) is 0.0500. The molecule has 2 heterocycles. The average molecular weight is 382 g/mol. The van der Waals surface area contributed by atoms with Crippen LogP contribution in [0.2, 0.25) is 0 Å². The van der Waals surface area contributed by atoms with E-state index < -0.39 is 15.8 Å². The number of aromatic nitrogens is 2. The Labute approximate surface area is 155 Å². The highest BCUT2D eigenvalue weighted by molar-refractivity contribution is 7.90. The molecule has 0 aliphatic heterocycles. The van der Waals surface area contributed by atoms with Crippen molar-refractivity contribution in [3.63, 3.8) is 0 Å². The van der Waals surface area contributed by atoms with E-state index in [-0.39, 0.29) is 21.7 Å². The van der Waals surface area contributed by atoms with E-state index >= 15 is 0 Å². The molecule has 0 fully saturated rings. The van der Waals surface area contributed by atoms with Gasteiger partial charge in [-0.2, -0.15) is 0 Å². The number of aldehydes is 1. The molecule has 0 N–H and O–H groups in total. The topological polar surface area (TPSA) is 61.1 Å². The largest absolute Gasteiger partial charge is 0.351 e. The van der Waals surface area contributed by atoms with Crippen molar-refractivity contribution in [2.24, 2.45) is 7.05 Å². The van der Waals surface area contributed by atoms with Gasteiger partial charge in [-0.1, -0.05) is 12.1 Å². The van der Waals surface area contributed by atoms with Crippen molar-refractivity contribution in [2.75, 3.05) is 0 Å². The Balaban J connectivity index is 1.94. The van der Waals surface area contributed by atoms with E-state index in [1.165, 1.54) is 36.5 Å². The van der Waals surface area contributed by atoms with Gasteiger partial charge in [0.1, 0.15) is 5.82 Å². The SMILES string of the molecule is Cn1ccc2cc(S(=O)(=O)n3cc(C=O)cc3-c3ccccc3F)ccc21. The van der Waals surface area contributed by atoms with Crippen LogP contribution in [0.25, 0.3) is 22.2 Å². The van der Waals surface area contributed by atoms with Gasteiger partial charge in [0.15, 0.2) is 6.29 Å². The maximum atomic E-state index is 14.3. The smallest absolute Gasteiger partial charge is 0.268 e. The lowest BCUT2D eigenvalue weighted by Crippen LogP contribution is -2.13. The van der Waals surface area contributed by atoms with Crippen LogP contribution in [-0.2, 0) is 17.1 Å². The van der Waals surface area contributed by atoms with Crippen LogP contribution in [-0.4, -0.2) is 23.2 Å². The predicted molar refractivity (Wildman–Crippen MR) is 101 cm³/mol. The number of aryl methyl sites for hydroxylation is 1. The summed E-state index contributed by atoms with van der Waals surface area (Å²) in [6, 6.07) is 13.8. The minimum atomic E-state index is -4.02. The van der Waals surface area contributed by atoms with Crippen molar-refractivity contribution in [1.29, 1.82) is 0 Å². The van der Waals surface area contributed by atoms with Crippen LogP contribution in [0, 0.1) is 5.82 Å². The van der Waals surface area contributed by atoms with Crippen molar-refractivity contribution in [1.82, 2.24) is 8.54 Å². The third-order valence-electron chi connectivity index (χ3n) is 4.51. The highest BCUT2D eigenvalue weighted by atomic mass is 32.2. The third kappa shape index (κ3) is 2.76. The quantitative estimate of drug-likeness (QED) is 0.504. The van der Waals surface area contributed by atoms with Crippen LogP contribution >= 0.6 is 0 Å². The van der Waals surface area contributed by atoms with Gasteiger partial charge in [-0.15, -0.1) is 0 Å². The molecule has 27 heavy (non-hydrogen) atoms. The van der Waals surface area contributed by atoms with Gasteiger partial charge in [0.05, 0.1) is 10.6 Å².